The lowest BCUT2D eigenvalue weighted by atomic mass is 10.1. The van der Waals surface area contributed by atoms with Crippen LogP contribution in [0.15, 0.2) is 54.1 Å². The van der Waals surface area contributed by atoms with Crippen molar-refractivity contribution in [1.29, 1.82) is 5.26 Å². The van der Waals surface area contributed by atoms with Gasteiger partial charge in [0, 0.05) is 6.04 Å². The van der Waals surface area contributed by atoms with Crippen LogP contribution in [0.25, 0.3) is 6.08 Å². The molecule has 2 aromatic carbocycles. The standard InChI is InChI=1S/C25H28N2O3/c1-29-24-16-20(13-14-23(24)30-18-19-9-5-4-6-10-19)15-21(17-26)25(28)27-22-11-7-2-3-8-12-22/h4-6,9-10,13-16,22H,2-3,7-8,11-12,18H2,1H3,(H,27,28)/b21-15+. The van der Waals surface area contributed by atoms with Gasteiger partial charge in [0.15, 0.2) is 11.5 Å². The molecule has 30 heavy (non-hydrogen) atoms. The summed E-state index contributed by atoms with van der Waals surface area (Å²) in [6.07, 6.45) is 8.22. The molecular formula is C25H28N2O3. The van der Waals surface area contributed by atoms with Crippen molar-refractivity contribution < 1.29 is 14.3 Å². The van der Waals surface area contributed by atoms with Crippen molar-refractivity contribution in [3.05, 3.63) is 65.2 Å². The Hall–Kier alpha value is -3.26. The highest BCUT2D eigenvalue weighted by molar-refractivity contribution is 6.01. The molecule has 1 aliphatic carbocycles. The predicted molar refractivity (Wildman–Crippen MR) is 117 cm³/mol. The van der Waals surface area contributed by atoms with Gasteiger partial charge < -0.3 is 14.8 Å². The van der Waals surface area contributed by atoms with E-state index in [2.05, 4.69) is 5.32 Å². The second-order valence-corrected chi connectivity index (χ2v) is 7.52. The molecule has 1 amide bonds. The van der Waals surface area contributed by atoms with E-state index in [1.165, 1.54) is 12.8 Å². The van der Waals surface area contributed by atoms with Gasteiger partial charge in [0.05, 0.1) is 7.11 Å². The molecule has 0 radical (unpaired) electrons. The quantitative estimate of drug-likeness (QED) is 0.400. The second kappa shape index (κ2) is 11.1. The summed E-state index contributed by atoms with van der Waals surface area (Å²) in [5.41, 5.74) is 1.87. The van der Waals surface area contributed by atoms with Gasteiger partial charge in [-0.1, -0.05) is 62.1 Å². The van der Waals surface area contributed by atoms with E-state index in [-0.39, 0.29) is 17.5 Å². The normalized spacial score (nSPS) is 15.0. The van der Waals surface area contributed by atoms with Gasteiger partial charge in [-0.25, -0.2) is 0 Å². The minimum atomic E-state index is -0.312. The van der Waals surface area contributed by atoms with Crippen LogP contribution in [0.3, 0.4) is 0 Å². The largest absolute Gasteiger partial charge is 0.493 e. The second-order valence-electron chi connectivity index (χ2n) is 7.52. The number of methoxy groups -OCH3 is 1. The first kappa shape index (κ1) is 21.4. The first-order valence-electron chi connectivity index (χ1n) is 10.5. The van der Waals surface area contributed by atoms with E-state index >= 15 is 0 Å². The van der Waals surface area contributed by atoms with Gasteiger partial charge in [0.25, 0.3) is 5.91 Å². The van der Waals surface area contributed by atoms with Gasteiger partial charge in [0.1, 0.15) is 18.2 Å². The molecule has 1 N–H and O–H groups in total. The maximum absolute atomic E-state index is 12.6. The molecule has 1 saturated carbocycles. The highest BCUT2D eigenvalue weighted by Crippen LogP contribution is 2.29. The van der Waals surface area contributed by atoms with Crippen LogP contribution in [0.1, 0.15) is 49.7 Å². The van der Waals surface area contributed by atoms with Crippen LogP contribution in [-0.4, -0.2) is 19.1 Å². The lowest BCUT2D eigenvalue weighted by Gasteiger charge is -2.15. The van der Waals surface area contributed by atoms with Gasteiger partial charge in [-0.3, -0.25) is 4.79 Å². The molecule has 1 fully saturated rings. The van der Waals surface area contributed by atoms with Gasteiger partial charge in [0.2, 0.25) is 0 Å². The van der Waals surface area contributed by atoms with Crippen molar-refractivity contribution in [2.24, 2.45) is 0 Å². The van der Waals surface area contributed by atoms with Gasteiger partial charge in [-0.05, 0) is 42.2 Å². The van der Waals surface area contributed by atoms with Gasteiger partial charge >= 0.3 is 0 Å². The maximum atomic E-state index is 12.6. The summed E-state index contributed by atoms with van der Waals surface area (Å²) in [6.45, 7) is 0.430. The van der Waals surface area contributed by atoms with E-state index in [0.29, 0.717) is 23.7 Å². The summed E-state index contributed by atoms with van der Waals surface area (Å²) in [4.78, 5) is 12.6. The van der Waals surface area contributed by atoms with Crippen LogP contribution in [0, 0.1) is 11.3 Å². The summed E-state index contributed by atoms with van der Waals surface area (Å²) in [5, 5.41) is 12.5. The van der Waals surface area contributed by atoms with Crippen LogP contribution in [0.5, 0.6) is 11.5 Å². The first-order chi connectivity index (χ1) is 14.7. The molecule has 0 spiro atoms. The average Bonchev–Trinajstić information content (AvgIpc) is 3.05. The smallest absolute Gasteiger partial charge is 0.262 e. The molecule has 0 bridgehead atoms. The lowest BCUT2D eigenvalue weighted by molar-refractivity contribution is -0.117. The zero-order valence-corrected chi connectivity index (χ0v) is 17.4. The zero-order valence-electron chi connectivity index (χ0n) is 17.4. The van der Waals surface area contributed by atoms with Gasteiger partial charge in [-0.2, -0.15) is 5.26 Å². The number of nitriles is 1. The molecule has 0 aromatic heterocycles. The number of carbonyl (C=O) groups excluding carboxylic acids is 1. The molecule has 2 aromatic rings. The molecule has 0 heterocycles. The van der Waals surface area contributed by atoms with E-state index in [0.717, 1.165) is 31.2 Å². The number of carbonyl (C=O) groups is 1. The van der Waals surface area contributed by atoms with Crippen molar-refractivity contribution in [2.75, 3.05) is 7.11 Å². The summed E-state index contributed by atoms with van der Waals surface area (Å²) in [6, 6.07) is 17.5. The highest BCUT2D eigenvalue weighted by Gasteiger charge is 2.17. The van der Waals surface area contributed by atoms with E-state index in [1.54, 1.807) is 25.3 Å². The number of benzene rings is 2. The number of nitrogens with zero attached hydrogens (tertiary/aromatic N) is 1. The Labute approximate surface area is 178 Å². The molecule has 0 saturated heterocycles. The van der Waals surface area contributed by atoms with Crippen LogP contribution >= 0.6 is 0 Å². The number of nitrogens with one attached hydrogen (secondary N) is 1. The van der Waals surface area contributed by atoms with Crippen molar-refractivity contribution in [2.45, 2.75) is 51.2 Å². The topological polar surface area (TPSA) is 71.3 Å². The third-order valence-electron chi connectivity index (χ3n) is 5.29. The summed E-state index contributed by atoms with van der Waals surface area (Å²) >= 11 is 0. The fraction of sp³-hybridized carbons (Fsp3) is 0.360. The number of hydrogen-bond acceptors (Lipinski definition) is 4. The average molecular weight is 405 g/mol. The first-order valence-corrected chi connectivity index (χ1v) is 10.5. The minimum absolute atomic E-state index is 0.0965. The van der Waals surface area contributed by atoms with E-state index < -0.39 is 0 Å². The third kappa shape index (κ3) is 6.12. The third-order valence-corrected chi connectivity index (χ3v) is 5.29. The SMILES string of the molecule is COc1cc(/C=C(\C#N)C(=O)NC2CCCCCC2)ccc1OCc1ccccc1. The number of ether oxygens (including phenoxy) is 2. The molecule has 0 atom stereocenters. The van der Waals surface area contributed by atoms with Crippen molar-refractivity contribution in [1.82, 2.24) is 5.32 Å². The maximum Gasteiger partial charge on any atom is 0.262 e. The summed E-state index contributed by atoms with van der Waals surface area (Å²) in [7, 11) is 1.57. The summed E-state index contributed by atoms with van der Waals surface area (Å²) in [5.74, 6) is 0.855. The van der Waals surface area contributed by atoms with E-state index in [9.17, 15) is 10.1 Å². The van der Waals surface area contributed by atoms with Gasteiger partial charge in [-0.15, -0.1) is 0 Å². The highest BCUT2D eigenvalue weighted by atomic mass is 16.5. The van der Waals surface area contributed by atoms with E-state index in [1.807, 2.05) is 42.5 Å². The molecule has 3 rings (SSSR count). The molecule has 0 aliphatic heterocycles. The number of rotatable bonds is 7. The van der Waals surface area contributed by atoms with Crippen LogP contribution in [0.4, 0.5) is 0 Å². The van der Waals surface area contributed by atoms with Crippen LogP contribution in [0.2, 0.25) is 0 Å². The Balaban J connectivity index is 1.69. The summed E-state index contributed by atoms with van der Waals surface area (Å²) < 4.78 is 11.3. The fourth-order valence-electron chi connectivity index (χ4n) is 3.63. The monoisotopic (exact) mass is 404 g/mol. The Morgan fingerprint density at radius 1 is 1.10 bits per heavy atom. The molecule has 156 valence electrons. The van der Waals surface area contributed by atoms with Crippen LogP contribution < -0.4 is 14.8 Å². The molecule has 1 aliphatic rings. The molecule has 5 heteroatoms. The minimum Gasteiger partial charge on any atom is -0.493 e. The Morgan fingerprint density at radius 3 is 2.50 bits per heavy atom. The Bertz CT molecular complexity index is 908. The molecular weight excluding hydrogens is 376 g/mol. The van der Waals surface area contributed by atoms with E-state index in [4.69, 9.17) is 9.47 Å². The Morgan fingerprint density at radius 2 is 1.83 bits per heavy atom. The zero-order chi connectivity index (χ0) is 21.2. The number of hydrogen-bond donors (Lipinski definition) is 1. The van der Waals surface area contributed by atoms with Crippen molar-refractivity contribution in [3.8, 4) is 17.6 Å². The predicted octanol–water partition coefficient (Wildman–Crippen LogP) is 5.02. The molecule has 5 nitrogen and oxygen atoms in total. The lowest BCUT2D eigenvalue weighted by Crippen LogP contribution is -2.35. The molecule has 0 unspecified atom stereocenters. The van der Waals surface area contributed by atoms with Crippen LogP contribution in [-0.2, 0) is 11.4 Å². The fourth-order valence-corrected chi connectivity index (χ4v) is 3.63. The van der Waals surface area contributed by atoms with Crippen molar-refractivity contribution >= 4 is 12.0 Å². The number of amides is 1. The van der Waals surface area contributed by atoms with Crippen molar-refractivity contribution in [3.63, 3.8) is 0 Å². The Kier molecular flexibility index (Phi) is 7.91.